The second-order valence-corrected chi connectivity index (χ2v) is 8.24. The molecule has 9 heteroatoms. The zero-order valence-electron chi connectivity index (χ0n) is 16.7. The zero-order chi connectivity index (χ0) is 21.3. The van der Waals surface area contributed by atoms with Gasteiger partial charge in [-0.15, -0.1) is 0 Å². The van der Waals surface area contributed by atoms with Gasteiger partial charge in [0.05, 0.1) is 6.61 Å². The van der Waals surface area contributed by atoms with Crippen LogP contribution in [0, 0.1) is 5.92 Å². The van der Waals surface area contributed by atoms with Crippen LogP contribution in [0.15, 0.2) is 18.2 Å². The molecule has 9 nitrogen and oxygen atoms in total. The molecule has 4 rings (SSSR count). The van der Waals surface area contributed by atoms with Gasteiger partial charge in [0.15, 0.2) is 0 Å². The van der Waals surface area contributed by atoms with Crippen molar-refractivity contribution in [3.05, 3.63) is 29.3 Å². The summed E-state index contributed by atoms with van der Waals surface area (Å²) in [6.45, 7) is 0.659. The average molecular weight is 414 g/mol. The van der Waals surface area contributed by atoms with E-state index in [1.54, 1.807) is 11.0 Å². The van der Waals surface area contributed by atoms with Crippen molar-refractivity contribution in [2.45, 2.75) is 57.2 Å². The number of imide groups is 1. The summed E-state index contributed by atoms with van der Waals surface area (Å²) in [6, 6.07) is 5.14. The fraction of sp³-hybridized carbons (Fsp3) is 0.524. The number of carbonyl (C=O) groups excluding carboxylic acids is 4. The summed E-state index contributed by atoms with van der Waals surface area (Å²) >= 11 is 0. The van der Waals surface area contributed by atoms with Crippen molar-refractivity contribution in [3.63, 3.8) is 0 Å². The van der Waals surface area contributed by atoms with Crippen LogP contribution in [0.5, 0.6) is 0 Å². The van der Waals surface area contributed by atoms with E-state index in [9.17, 15) is 19.2 Å². The molecular formula is C21H26N4O5. The Morgan fingerprint density at radius 2 is 2.07 bits per heavy atom. The first-order valence-electron chi connectivity index (χ1n) is 10.4. The fourth-order valence-corrected chi connectivity index (χ4v) is 4.71. The topological polar surface area (TPSA) is 131 Å². The number of fused-ring (bicyclic) bond motifs is 1. The quantitative estimate of drug-likeness (QED) is 0.626. The number of benzene rings is 1. The molecule has 160 valence electrons. The van der Waals surface area contributed by atoms with E-state index in [1.165, 1.54) is 0 Å². The summed E-state index contributed by atoms with van der Waals surface area (Å²) in [5, 5.41) is 5.88. The molecule has 0 radical (unpaired) electrons. The predicted molar refractivity (Wildman–Crippen MR) is 107 cm³/mol. The number of carbonyl (C=O) groups is 4. The van der Waals surface area contributed by atoms with Crippen molar-refractivity contribution in [1.29, 1.82) is 0 Å². The summed E-state index contributed by atoms with van der Waals surface area (Å²) in [6.07, 6.45) is 3.66. The maximum Gasteiger partial charge on any atom is 0.404 e. The van der Waals surface area contributed by atoms with Crippen LogP contribution in [0.4, 0.5) is 10.5 Å². The minimum atomic E-state index is -0.752. The largest absolute Gasteiger partial charge is 0.449 e. The number of primary amides is 1. The van der Waals surface area contributed by atoms with Crippen LogP contribution < -0.4 is 16.4 Å². The molecule has 1 aromatic carbocycles. The Morgan fingerprint density at radius 3 is 2.83 bits per heavy atom. The number of nitrogens with two attached hydrogens (primary N) is 1. The lowest BCUT2D eigenvalue weighted by atomic mass is 9.86. The molecule has 0 bridgehead atoms. The molecule has 4 amide bonds. The van der Waals surface area contributed by atoms with E-state index < -0.39 is 18.0 Å². The van der Waals surface area contributed by atoms with Crippen LogP contribution >= 0.6 is 0 Å². The zero-order valence-corrected chi connectivity index (χ0v) is 16.7. The minimum absolute atomic E-state index is 0.181. The van der Waals surface area contributed by atoms with E-state index in [1.807, 2.05) is 12.1 Å². The summed E-state index contributed by atoms with van der Waals surface area (Å²) in [7, 11) is 0. The van der Waals surface area contributed by atoms with Crippen molar-refractivity contribution >= 4 is 29.5 Å². The van der Waals surface area contributed by atoms with Crippen molar-refractivity contribution in [1.82, 2.24) is 10.2 Å². The molecule has 1 aromatic rings. The fourth-order valence-electron chi connectivity index (χ4n) is 4.71. The molecule has 1 saturated heterocycles. The summed E-state index contributed by atoms with van der Waals surface area (Å²) < 4.78 is 4.96. The third kappa shape index (κ3) is 4.10. The number of ether oxygens (including phenoxy) is 1. The number of nitrogens with one attached hydrogen (secondary N) is 2. The van der Waals surface area contributed by atoms with Crippen molar-refractivity contribution in [2.24, 2.45) is 11.7 Å². The lowest BCUT2D eigenvalue weighted by Crippen LogP contribution is -2.52. The van der Waals surface area contributed by atoms with Crippen LogP contribution in [-0.4, -0.2) is 47.4 Å². The number of nitrogens with zero attached hydrogens (tertiary/aromatic N) is 1. The van der Waals surface area contributed by atoms with E-state index in [-0.39, 0.29) is 30.2 Å². The van der Waals surface area contributed by atoms with Crippen molar-refractivity contribution < 1.29 is 23.9 Å². The van der Waals surface area contributed by atoms with Crippen molar-refractivity contribution in [3.8, 4) is 0 Å². The van der Waals surface area contributed by atoms with E-state index in [0.29, 0.717) is 25.1 Å². The van der Waals surface area contributed by atoms with Gasteiger partial charge < -0.3 is 20.7 Å². The van der Waals surface area contributed by atoms with Gasteiger partial charge in [0, 0.05) is 35.8 Å². The minimum Gasteiger partial charge on any atom is -0.449 e. The second-order valence-electron chi connectivity index (χ2n) is 8.24. The smallest absolute Gasteiger partial charge is 0.404 e. The van der Waals surface area contributed by atoms with Gasteiger partial charge in [0.1, 0.15) is 6.04 Å². The molecule has 2 aliphatic heterocycles. The molecule has 30 heavy (non-hydrogen) atoms. The van der Waals surface area contributed by atoms with E-state index in [0.717, 1.165) is 36.9 Å². The lowest BCUT2D eigenvalue weighted by molar-refractivity contribution is -0.136. The number of piperidine rings is 1. The average Bonchev–Trinajstić information content (AvgIpc) is 3.04. The highest BCUT2D eigenvalue weighted by molar-refractivity contribution is 6.06. The number of hydrogen-bond donors (Lipinski definition) is 3. The molecular weight excluding hydrogens is 388 g/mol. The maximum atomic E-state index is 12.9. The normalized spacial score (nSPS) is 26.2. The molecule has 2 heterocycles. The van der Waals surface area contributed by atoms with Crippen LogP contribution in [-0.2, 0) is 20.9 Å². The highest BCUT2D eigenvalue weighted by atomic mass is 16.5. The van der Waals surface area contributed by atoms with Crippen LogP contribution in [0.25, 0.3) is 0 Å². The molecule has 1 unspecified atom stereocenters. The van der Waals surface area contributed by atoms with Gasteiger partial charge >= 0.3 is 6.09 Å². The highest BCUT2D eigenvalue weighted by Crippen LogP contribution is 2.34. The number of anilines is 1. The van der Waals surface area contributed by atoms with Gasteiger partial charge in [0.2, 0.25) is 11.8 Å². The Labute approximate surface area is 174 Å². The van der Waals surface area contributed by atoms with Gasteiger partial charge in [-0.2, -0.15) is 0 Å². The van der Waals surface area contributed by atoms with Gasteiger partial charge in [-0.1, -0.05) is 12.5 Å². The molecule has 2 fully saturated rings. The summed E-state index contributed by atoms with van der Waals surface area (Å²) in [5.74, 6) is -0.636. The Morgan fingerprint density at radius 1 is 1.23 bits per heavy atom. The van der Waals surface area contributed by atoms with Crippen LogP contribution in [0.2, 0.25) is 0 Å². The Bertz CT molecular complexity index is 886. The predicted octanol–water partition coefficient (Wildman–Crippen LogP) is 1.51. The standard InChI is InChI=1S/C21H26N4O5/c22-21(29)30-11-12-3-1-4-13(9-12)23-16-6-2-5-14-15(16)10-25(20(14)28)17-7-8-18(26)24-19(17)27/h2,5-6,12-13,17,23H,1,3-4,7-11H2,(H2,22,29)(H,24,26,27)/t12-,13+,17?/m1/s1. The second kappa shape index (κ2) is 8.33. The molecule has 4 N–H and O–H groups in total. The van der Waals surface area contributed by atoms with Crippen molar-refractivity contribution in [2.75, 3.05) is 11.9 Å². The van der Waals surface area contributed by atoms with Crippen LogP contribution in [0.1, 0.15) is 54.4 Å². The monoisotopic (exact) mass is 414 g/mol. The Kier molecular flexibility index (Phi) is 5.61. The maximum absolute atomic E-state index is 12.9. The first kappa shape index (κ1) is 20.2. The van der Waals surface area contributed by atoms with Gasteiger partial charge in [-0.05, 0) is 43.7 Å². The Balaban J connectivity index is 1.46. The highest BCUT2D eigenvalue weighted by Gasteiger charge is 2.40. The number of rotatable bonds is 5. The molecule has 3 aliphatic rings. The third-order valence-electron chi connectivity index (χ3n) is 6.19. The molecule has 3 atom stereocenters. The summed E-state index contributed by atoms with van der Waals surface area (Å²) in [4.78, 5) is 49.1. The molecule has 0 spiro atoms. The molecule has 1 aliphatic carbocycles. The number of amides is 4. The van der Waals surface area contributed by atoms with E-state index in [2.05, 4.69) is 10.6 Å². The first-order valence-corrected chi connectivity index (χ1v) is 10.4. The Hall–Kier alpha value is -3.10. The lowest BCUT2D eigenvalue weighted by Gasteiger charge is -2.31. The van der Waals surface area contributed by atoms with E-state index >= 15 is 0 Å². The SMILES string of the molecule is NC(=O)OC[C@@H]1CCC[C@H](Nc2cccc3c2CN(C2CCC(=O)NC2=O)C3=O)C1. The third-order valence-corrected chi connectivity index (χ3v) is 6.19. The molecule has 0 aromatic heterocycles. The summed E-state index contributed by atoms with van der Waals surface area (Å²) in [5.41, 5.74) is 7.43. The van der Waals surface area contributed by atoms with Crippen LogP contribution in [0.3, 0.4) is 0 Å². The molecule has 1 saturated carbocycles. The van der Waals surface area contributed by atoms with Gasteiger partial charge in [-0.3, -0.25) is 19.7 Å². The number of hydrogen-bond acceptors (Lipinski definition) is 6. The van der Waals surface area contributed by atoms with E-state index in [4.69, 9.17) is 10.5 Å². The van der Waals surface area contributed by atoms with Gasteiger partial charge in [-0.25, -0.2) is 4.79 Å². The first-order chi connectivity index (χ1) is 14.4. The van der Waals surface area contributed by atoms with Gasteiger partial charge in [0.25, 0.3) is 5.91 Å².